The highest BCUT2D eigenvalue weighted by molar-refractivity contribution is 6.32. The van der Waals surface area contributed by atoms with Crippen molar-refractivity contribution < 1.29 is 15.0 Å². The van der Waals surface area contributed by atoms with E-state index in [-0.39, 0.29) is 17.4 Å². The summed E-state index contributed by atoms with van der Waals surface area (Å²) in [5, 5.41) is 25.3. The Morgan fingerprint density at radius 2 is 1.83 bits per heavy atom. The Balaban J connectivity index is 1.96. The number of halogens is 1. The van der Waals surface area contributed by atoms with Crippen molar-refractivity contribution in [3.8, 4) is 11.5 Å². The van der Waals surface area contributed by atoms with E-state index < -0.39 is 0 Å². The molecule has 116 valence electrons. The van der Waals surface area contributed by atoms with Gasteiger partial charge >= 0.3 is 0 Å². The number of hydrogen-bond acceptors (Lipinski definition) is 4. The molecule has 1 aliphatic rings. The molecule has 2 N–H and O–H groups in total. The van der Waals surface area contributed by atoms with Gasteiger partial charge in [-0.25, -0.2) is 0 Å². The molecule has 6 heteroatoms. The van der Waals surface area contributed by atoms with Gasteiger partial charge in [-0.2, -0.15) is 10.1 Å². The summed E-state index contributed by atoms with van der Waals surface area (Å²) in [6.07, 6.45) is 1.55. The number of phenolic OH excluding ortho intramolecular Hbond substituents is 2. The number of hydrazone groups is 1. The Hall–Kier alpha value is -2.79. The zero-order valence-electron chi connectivity index (χ0n) is 12.2. The van der Waals surface area contributed by atoms with Gasteiger partial charge in [0, 0.05) is 16.7 Å². The quantitative estimate of drug-likeness (QED) is 0.828. The van der Waals surface area contributed by atoms with Gasteiger partial charge in [0.1, 0.15) is 11.5 Å². The van der Waals surface area contributed by atoms with E-state index in [2.05, 4.69) is 5.10 Å². The number of carbonyl (C=O) groups excluding carboxylic acids is 1. The number of nitrogens with zero attached hydrogens (tertiary/aromatic N) is 2. The molecule has 0 saturated carbocycles. The Kier molecular flexibility index (Phi) is 3.80. The molecule has 0 atom stereocenters. The van der Waals surface area contributed by atoms with Gasteiger partial charge in [-0.3, -0.25) is 4.79 Å². The number of phenols is 2. The molecule has 0 bridgehead atoms. The summed E-state index contributed by atoms with van der Waals surface area (Å²) in [5.74, 6) is -0.448. The van der Waals surface area contributed by atoms with Gasteiger partial charge in [0.25, 0.3) is 5.91 Å². The second-order valence-electron chi connectivity index (χ2n) is 5.08. The number of amides is 1. The average Bonchev–Trinajstić information content (AvgIpc) is 2.78. The van der Waals surface area contributed by atoms with Crippen LogP contribution in [0.1, 0.15) is 12.5 Å². The average molecular weight is 329 g/mol. The second-order valence-corrected chi connectivity index (χ2v) is 5.52. The molecule has 1 heterocycles. The molecule has 2 aromatic rings. The monoisotopic (exact) mass is 328 g/mol. The first-order valence-corrected chi connectivity index (χ1v) is 7.23. The zero-order valence-corrected chi connectivity index (χ0v) is 12.9. The second kappa shape index (κ2) is 5.78. The van der Waals surface area contributed by atoms with Crippen molar-refractivity contribution in [1.82, 2.24) is 0 Å². The van der Waals surface area contributed by atoms with Gasteiger partial charge < -0.3 is 10.2 Å². The topological polar surface area (TPSA) is 73.1 Å². The van der Waals surface area contributed by atoms with Crippen LogP contribution in [0.15, 0.2) is 53.1 Å². The van der Waals surface area contributed by atoms with Crippen LogP contribution in [0.4, 0.5) is 5.69 Å². The number of carbonyl (C=O) groups is 1. The van der Waals surface area contributed by atoms with Crippen LogP contribution in [-0.4, -0.2) is 21.8 Å². The van der Waals surface area contributed by atoms with E-state index in [1.807, 2.05) is 0 Å². The fourth-order valence-corrected chi connectivity index (χ4v) is 2.38. The summed E-state index contributed by atoms with van der Waals surface area (Å²) in [7, 11) is 0. The van der Waals surface area contributed by atoms with Crippen molar-refractivity contribution in [1.29, 1.82) is 0 Å². The van der Waals surface area contributed by atoms with Gasteiger partial charge in [0.15, 0.2) is 0 Å². The minimum absolute atomic E-state index is 0.0458. The molecular formula is C17H13ClN2O3. The lowest BCUT2D eigenvalue weighted by Gasteiger charge is -2.11. The largest absolute Gasteiger partial charge is 0.508 e. The summed E-state index contributed by atoms with van der Waals surface area (Å²) in [5.41, 5.74) is 1.95. The van der Waals surface area contributed by atoms with Crippen LogP contribution in [0.5, 0.6) is 11.5 Å². The fourth-order valence-electron chi connectivity index (χ4n) is 2.25. The van der Waals surface area contributed by atoms with E-state index >= 15 is 0 Å². The fraction of sp³-hybridized carbons (Fsp3) is 0.0588. The van der Waals surface area contributed by atoms with Gasteiger partial charge in [0.05, 0.1) is 17.0 Å². The maximum Gasteiger partial charge on any atom is 0.280 e. The van der Waals surface area contributed by atoms with Crippen LogP contribution in [0.3, 0.4) is 0 Å². The molecule has 0 spiro atoms. The minimum Gasteiger partial charge on any atom is -0.508 e. The van der Waals surface area contributed by atoms with Gasteiger partial charge in [-0.15, -0.1) is 0 Å². The van der Waals surface area contributed by atoms with Crippen molar-refractivity contribution in [2.45, 2.75) is 6.92 Å². The third-order valence-electron chi connectivity index (χ3n) is 3.45. The number of anilines is 1. The van der Waals surface area contributed by atoms with Crippen molar-refractivity contribution in [2.24, 2.45) is 5.10 Å². The van der Waals surface area contributed by atoms with Gasteiger partial charge in [-0.1, -0.05) is 11.6 Å². The van der Waals surface area contributed by atoms with E-state index in [4.69, 9.17) is 11.6 Å². The van der Waals surface area contributed by atoms with Crippen LogP contribution in [-0.2, 0) is 4.79 Å². The van der Waals surface area contributed by atoms with Crippen molar-refractivity contribution in [3.63, 3.8) is 0 Å². The lowest BCUT2D eigenvalue weighted by molar-refractivity contribution is -0.114. The summed E-state index contributed by atoms with van der Waals surface area (Å²) < 4.78 is 0. The number of benzene rings is 2. The van der Waals surface area contributed by atoms with Crippen LogP contribution >= 0.6 is 11.6 Å². The predicted molar refractivity (Wildman–Crippen MR) is 89.8 cm³/mol. The zero-order chi connectivity index (χ0) is 16.6. The summed E-state index contributed by atoms with van der Waals surface area (Å²) in [4.78, 5) is 12.6. The molecule has 23 heavy (non-hydrogen) atoms. The SMILES string of the molecule is CC1=NN(c2ccc(Cl)cc2)C(=O)/C1=C/c1ccc(O)cc1O. The van der Waals surface area contributed by atoms with E-state index in [0.29, 0.717) is 27.6 Å². The Bertz CT molecular complexity index is 841. The standard InChI is InChI=1S/C17H13ClN2O3/c1-10-15(8-11-2-7-14(21)9-16(11)22)17(23)20(19-10)13-5-3-12(18)4-6-13/h2-9,21-22H,1H3/b15-8+. The highest BCUT2D eigenvalue weighted by Crippen LogP contribution is 2.29. The normalized spacial score (nSPS) is 16.1. The van der Waals surface area contributed by atoms with Crippen molar-refractivity contribution in [3.05, 3.63) is 58.6 Å². The van der Waals surface area contributed by atoms with Crippen LogP contribution in [0.2, 0.25) is 5.02 Å². The third kappa shape index (κ3) is 2.91. The van der Waals surface area contributed by atoms with E-state index in [9.17, 15) is 15.0 Å². The number of hydrogen-bond donors (Lipinski definition) is 2. The van der Waals surface area contributed by atoms with Crippen LogP contribution in [0.25, 0.3) is 6.08 Å². The lowest BCUT2D eigenvalue weighted by Crippen LogP contribution is -2.21. The molecule has 1 aliphatic heterocycles. The van der Waals surface area contributed by atoms with Crippen molar-refractivity contribution in [2.75, 3.05) is 5.01 Å². The van der Waals surface area contributed by atoms with E-state index in [1.165, 1.54) is 23.2 Å². The molecule has 0 saturated heterocycles. The highest BCUT2D eigenvalue weighted by atomic mass is 35.5. The Labute approximate surface area is 137 Å². The smallest absolute Gasteiger partial charge is 0.280 e. The molecule has 0 aromatic heterocycles. The maximum atomic E-state index is 12.6. The highest BCUT2D eigenvalue weighted by Gasteiger charge is 2.28. The Morgan fingerprint density at radius 3 is 2.48 bits per heavy atom. The first-order valence-electron chi connectivity index (χ1n) is 6.85. The molecule has 0 unspecified atom stereocenters. The lowest BCUT2D eigenvalue weighted by atomic mass is 10.1. The summed E-state index contributed by atoms with van der Waals surface area (Å²) in [6, 6.07) is 11.0. The summed E-state index contributed by atoms with van der Waals surface area (Å²) >= 11 is 5.85. The molecule has 1 amide bonds. The molecule has 0 fully saturated rings. The molecule has 0 aliphatic carbocycles. The van der Waals surface area contributed by atoms with Crippen molar-refractivity contribution >= 4 is 35.0 Å². The first kappa shape index (κ1) is 15.1. The first-order chi connectivity index (χ1) is 11.0. The van der Waals surface area contributed by atoms with Crippen LogP contribution < -0.4 is 5.01 Å². The number of rotatable bonds is 2. The molecule has 0 radical (unpaired) electrons. The summed E-state index contributed by atoms with van der Waals surface area (Å²) in [6.45, 7) is 1.72. The van der Waals surface area contributed by atoms with Gasteiger partial charge in [0.2, 0.25) is 0 Å². The maximum absolute atomic E-state index is 12.6. The van der Waals surface area contributed by atoms with Crippen LogP contribution in [0, 0.1) is 0 Å². The van der Waals surface area contributed by atoms with E-state index in [1.54, 1.807) is 37.3 Å². The molecule has 2 aromatic carbocycles. The molecule has 5 nitrogen and oxygen atoms in total. The number of aromatic hydroxyl groups is 2. The third-order valence-corrected chi connectivity index (χ3v) is 3.70. The Morgan fingerprint density at radius 1 is 1.13 bits per heavy atom. The molecular weight excluding hydrogens is 316 g/mol. The molecule has 3 rings (SSSR count). The van der Waals surface area contributed by atoms with E-state index in [0.717, 1.165) is 0 Å². The van der Waals surface area contributed by atoms with Gasteiger partial charge in [-0.05, 0) is 49.4 Å². The minimum atomic E-state index is -0.294. The predicted octanol–water partition coefficient (Wildman–Crippen LogP) is 3.56.